The second kappa shape index (κ2) is 13.3. The van der Waals surface area contributed by atoms with E-state index in [4.69, 9.17) is 29.4 Å². The molecule has 0 saturated carbocycles. The number of halogens is 2. The van der Waals surface area contributed by atoms with Crippen LogP contribution in [0.3, 0.4) is 0 Å². The highest BCUT2D eigenvalue weighted by atomic mass is 19.1. The van der Waals surface area contributed by atoms with Gasteiger partial charge >= 0.3 is 0 Å². The minimum Gasteiger partial charge on any atom is -0.492 e. The zero-order valence-corrected chi connectivity index (χ0v) is 20.5. The van der Waals surface area contributed by atoms with E-state index in [1.165, 1.54) is 48.7 Å². The van der Waals surface area contributed by atoms with Crippen LogP contribution in [0.5, 0.6) is 5.75 Å². The SMILES string of the molecule is CCN(CCOC)CCOc1ccc(F)c(NC(=O)c2cccc(C(=N)OC(=N)c3ccco3)c2F)c1. The Balaban J connectivity index is 1.67. The molecule has 3 N–H and O–H groups in total. The molecule has 9 nitrogen and oxygen atoms in total. The summed E-state index contributed by atoms with van der Waals surface area (Å²) in [6.45, 7) is 5.14. The molecule has 1 amide bonds. The maximum atomic E-state index is 15.1. The van der Waals surface area contributed by atoms with Crippen molar-refractivity contribution in [3.63, 3.8) is 0 Å². The summed E-state index contributed by atoms with van der Waals surface area (Å²) in [6, 6.07) is 10.6. The summed E-state index contributed by atoms with van der Waals surface area (Å²) in [5, 5.41) is 18.2. The molecule has 196 valence electrons. The Bertz CT molecular complexity index is 1230. The number of carbonyl (C=O) groups excluding carboxylic acids is 1. The van der Waals surface area contributed by atoms with Crippen LogP contribution < -0.4 is 10.1 Å². The van der Waals surface area contributed by atoms with Crippen molar-refractivity contribution in [2.24, 2.45) is 0 Å². The Morgan fingerprint density at radius 2 is 1.78 bits per heavy atom. The first-order valence-electron chi connectivity index (χ1n) is 11.5. The fraction of sp³-hybridized carbons (Fsp3) is 0.269. The van der Waals surface area contributed by atoms with Crippen LogP contribution in [0.25, 0.3) is 0 Å². The van der Waals surface area contributed by atoms with E-state index in [9.17, 15) is 9.18 Å². The number of amides is 1. The Kier molecular flexibility index (Phi) is 9.87. The number of methoxy groups -OCH3 is 1. The van der Waals surface area contributed by atoms with E-state index in [0.29, 0.717) is 25.5 Å². The van der Waals surface area contributed by atoms with Gasteiger partial charge in [0.2, 0.25) is 5.90 Å². The van der Waals surface area contributed by atoms with Gasteiger partial charge in [-0.1, -0.05) is 13.0 Å². The molecule has 0 aliphatic carbocycles. The summed E-state index contributed by atoms with van der Waals surface area (Å²) >= 11 is 0. The average molecular weight is 515 g/mol. The van der Waals surface area contributed by atoms with Gasteiger partial charge in [-0.25, -0.2) is 8.78 Å². The Hall–Kier alpha value is -4.09. The molecule has 0 radical (unpaired) electrons. The van der Waals surface area contributed by atoms with Crippen LogP contribution in [0.1, 0.15) is 28.6 Å². The van der Waals surface area contributed by atoms with E-state index in [2.05, 4.69) is 10.2 Å². The number of hydrogen-bond donors (Lipinski definition) is 3. The molecule has 37 heavy (non-hydrogen) atoms. The number of likely N-dealkylation sites (N-methyl/N-ethyl adjacent to an activating group) is 1. The summed E-state index contributed by atoms with van der Waals surface area (Å²) in [7, 11) is 1.63. The lowest BCUT2D eigenvalue weighted by molar-refractivity contribution is 0.102. The van der Waals surface area contributed by atoms with Crippen molar-refractivity contribution in [1.82, 2.24) is 4.90 Å². The molecule has 3 rings (SSSR count). The van der Waals surface area contributed by atoms with Crippen LogP contribution in [-0.4, -0.2) is 62.6 Å². The Labute approximate surface area is 213 Å². The highest BCUT2D eigenvalue weighted by molar-refractivity contribution is 6.08. The Morgan fingerprint density at radius 3 is 2.49 bits per heavy atom. The number of benzene rings is 2. The van der Waals surface area contributed by atoms with E-state index in [0.717, 1.165) is 19.2 Å². The molecule has 0 aliphatic heterocycles. The fourth-order valence-electron chi connectivity index (χ4n) is 3.32. The van der Waals surface area contributed by atoms with Gasteiger partial charge in [0.1, 0.15) is 24.0 Å². The zero-order valence-electron chi connectivity index (χ0n) is 20.5. The van der Waals surface area contributed by atoms with Gasteiger partial charge in [0.15, 0.2) is 5.76 Å². The normalized spacial score (nSPS) is 10.8. The topological polar surface area (TPSA) is 121 Å². The van der Waals surface area contributed by atoms with Crippen molar-refractivity contribution in [2.75, 3.05) is 45.3 Å². The van der Waals surface area contributed by atoms with Crippen molar-refractivity contribution >= 4 is 23.4 Å². The molecular formula is C26H28F2N4O5. The van der Waals surface area contributed by atoms with E-state index in [-0.39, 0.29) is 17.0 Å². The molecule has 0 aliphatic rings. The molecule has 3 aromatic rings. The van der Waals surface area contributed by atoms with Gasteiger partial charge in [0.05, 0.1) is 29.7 Å². The van der Waals surface area contributed by atoms with Gasteiger partial charge in [-0.2, -0.15) is 0 Å². The van der Waals surface area contributed by atoms with Crippen LogP contribution in [0, 0.1) is 22.5 Å². The zero-order chi connectivity index (χ0) is 26.8. The van der Waals surface area contributed by atoms with Crippen molar-refractivity contribution in [2.45, 2.75) is 6.92 Å². The first-order chi connectivity index (χ1) is 17.8. The maximum Gasteiger partial charge on any atom is 0.258 e. The summed E-state index contributed by atoms with van der Waals surface area (Å²) in [5.41, 5.74) is -0.974. The van der Waals surface area contributed by atoms with Crippen LogP contribution >= 0.6 is 0 Å². The molecule has 0 atom stereocenters. The number of furan rings is 1. The van der Waals surface area contributed by atoms with Gasteiger partial charge in [-0.05, 0) is 42.9 Å². The summed E-state index contributed by atoms with van der Waals surface area (Å²) in [5.74, 6) is -3.52. The summed E-state index contributed by atoms with van der Waals surface area (Å²) in [4.78, 5) is 14.9. The molecule has 2 aromatic carbocycles. The van der Waals surface area contributed by atoms with E-state index in [1.807, 2.05) is 6.92 Å². The number of nitrogens with zero attached hydrogens (tertiary/aromatic N) is 1. The van der Waals surface area contributed by atoms with Gasteiger partial charge in [0, 0.05) is 26.3 Å². The second-order valence-electron chi connectivity index (χ2n) is 7.78. The first-order valence-corrected chi connectivity index (χ1v) is 11.5. The van der Waals surface area contributed by atoms with Crippen molar-refractivity contribution in [1.29, 1.82) is 10.8 Å². The fourth-order valence-corrected chi connectivity index (χ4v) is 3.32. The minimum atomic E-state index is -1.05. The molecular weight excluding hydrogens is 486 g/mol. The van der Waals surface area contributed by atoms with Crippen molar-refractivity contribution in [3.8, 4) is 5.75 Å². The quantitative estimate of drug-likeness (QED) is 0.241. The maximum absolute atomic E-state index is 15.1. The molecule has 0 bridgehead atoms. The number of rotatable bonds is 12. The lowest BCUT2D eigenvalue weighted by Gasteiger charge is -2.20. The molecule has 11 heteroatoms. The number of nitrogens with one attached hydrogen (secondary N) is 3. The third kappa shape index (κ3) is 7.45. The van der Waals surface area contributed by atoms with Gasteiger partial charge in [-0.3, -0.25) is 20.5 Å². The third-order valence-electron chi connectivity index (χ3n) is 5.36. The van der Waals surface area contributed by atoms with Crippen LogP contribution in [0.2, 0.25) is 0 Å². The molecule has 1 heterocycles. The molecule has 1 aromatic heterocycles. The van der Waals surface area contributed by atoms with E-state index < -0.39 is 34.9 Å². The monoisotopic (exact) mass is 514 g/mol. The van der Waals surface area contributed by atoms with E-state index >= 15 is 4.39 Å². The smallest absolute Gasteiger partial charge is 0.258 e. The molecule has 0 fully saturated rings. The molecule has 0 unspecified atom stereocenters. The van der Waals surface area contributed by atoms with Gasteiger partial charge in [0.25, 0.3) is 11.8 Å². The first kappa shape index (κ1) is 27.5. The number of hydrogen-bond acceptors (Lipinski definition) is 8. The summed E-state index contributed by atoms with van der Waals surface area (Å²) < 4.78 is 50.3. The predicted octanol–water partition coefficient (Wildman–Crippen LogP) is 4.52. The molecule has 0 saturated heterocycles. The lowest BCUT2D eigenvalue weighted by atomic mass is 10.1. The third-order valence-corrected chi connectivity index (χ3v) is 5.36. The van der Waals surface area contributed by atoms with Crippen molar-refractivity contribution < 1.29 is 32.2 Å². The summed E-state index contributed by atoms with van der Waals surface area (Å²) in [6.07, 6.45) is 1.32. The second-order valence-corrected chi connectivity index (χ2v) is 7.78. The number of ether oxygens (including phenoxy) is 3. The number of carbonyl (C=O) groups is 1. The van der Waals surface area contributed by atoms with Crippen molar-refractivity contribution in [3.05, 3.63) is 83.3 Å². The Morgan fingerprint density at radius 1 is 1.03 bits per heavy atom. The van der Waals surface area contributed by atoms with Crippen LogP contribution in [0.15, 0.2) is 59.2 Å². The van der Waals surface area contributed by atoms with E-state index in [1.54, 1.807) is 7.11 Å². The van der Waals surface area contributed by atoms with Crippen LogP contribution in [-0.2, 0) is 9.47 Å². The highest BCUT2D eigenvalue weighted by Gasteiger charge is 2.21. The number of anilines is 1. The van der Waals surface area contributed by atoms with Gasteiger partial charge < -0.3 is 23.9 Å². The largest absolute Gasteiger partial charge is 0.492 e. The van der Waals surface area contributed by atoms with Crippen LogP contribution in [0.4, 0.5) is 14.5 Å². The average Bonchev–Trinajstić information content (AvgIpc) is 3.43. The lowest BCUT2D eigenvalue weighted by Crippen LogP contribution is -2.31. The van der Waals surface area contributed by atoms with Gasteiger partial charge in [-0.15, -0.1) is 0 Å². The predicted molar refractivity (Wildman–Crippen MR) is 134 cm³/mol. The minimum absolute atomic E-state index is 0.0500. The highest BCUT2D eigenvalue weighted by Crippen LogP contribution is 2.23. The standard InChI is InChI=1S/C26H28F2N4O5/c1-3-32(11-14-34-2)12-15-35-17-9-10-20(27)21(16-17)31-26(33)19-7-4-6-18(23(19)28)24(29)37-25(30)22-8-5-13-36-22/h4-10,13,16,29-30H,3,11-12,14-15H2,1-2H3,(H,31,33). The molecule has 0 spiro atoms.